The molecule has 0 radical (unpaired) electrons. The SMILES string of the molecule is CC(C(=O)NC12CC3CC(CC(C3)C1)C2)N1CCN(c2ccc(O)cc2)CC1. The molecule has 1 aliphatic heterocycles. The highest BCUT2D eigenvalue weighted by Gasteiger charge is 2.51. The topological polar surface area (TPSA) is 55.8 Å². The van der Waals surface area contributed by atoms with Crippen LogP contribution in [0.3, 0.4) is 0 Å². The number of amides is 1. The number of phenols is 1. The van der Waals surface area contributed by atoms with Crippen LogP contribution in [0.5, 0.6) is 5.75 Å². The average molecular weight is 384 g/mol. The third-order valence-corrected chi connectivity index (χ3v) is 7.88. The summed E-state index contributed by atoms with van der Waals surface area (Å²) in [4.78, 5) is 17.8. The van der Waals surface area contributed by atoms with Gasteiger partial charge in [-0.2, -0.15) is 0 Å². The van der Waals surface area contributed by atoms with Crippen molar-refractivity contribution >= 4 is 11.6 Å². The summed E-state index contributed by atoms with van der Waals surface area (Å²) < 4.78 is 0. The van der Waals surface area contributed by atoms with E-state index < -0.39 is 0 Å². The lowest BCUT2D eigenvalue weighted by molar-refractivity contribution is -0.131. The number of carbonyl (C=O) groups excluding carboxylic acids is 1. The first-order valence-electron chi connectivity index (χ1n) is 11.1. The maximum absolute atomic E-state index is 13.1. The Morgan fingerprint density at radius 3 is 2.07 bits per heavy atom. The molecule has 152 valence electrons. The van der Waals surface area contributed by atoms with Gasteiger partial charge in [0.25, 0.3) is 0 Å². The third-order valence-electron chi connectivity index (χ3n) is 7.88. The fourth-order valence-corrected chi connectivity index (χ4v) is 6.83. The molecule has 1 aromatic rings. The first-order valence-corrected chi connectivity index (χ1v) is 11.1. The van der Waals surface area contributed by atoms with Crippen LogP contribution in [0.2, 0.25) is 0 Å². The first-order chi connectivity index (χ1) is 13.5. The minimum Gasteiger partial charge on any atom is -0.508 e. The summed E-state index contributed by atoms with van der Waals surface area (Å²) in [5.41, 5.74) is 1.25. The Hall–Kier alpha value is -1.75. The minimum absolute atomic E-state index is 0.0602. The average Bonchev–Trinajstić information content (AvgIpc) is 2.67. The molecule has 1 aromatic carbocycles. The van der Waals surface area contributed by atoms with Gasteiger partial charge in [-0.05, 0) is 87.5 Å². The molecule has 1 amide bonds. The van der Waals surface area contributed by atoms with Gasteiger partial charge in [0, 0.05) is 37.4 Å². The molecule has 0 aromatic heterocycles. The second kappa shape index (κ2) is 6.94. The largest absolute Gasteiger partial charge is 0.508 e. The molecule has 2 N–H and O–H groups in total. The van der Waals surface area contributed by atoms with Gasteiger partial charge < -0.3 is 15.3 Å². The molecule has 5 heteroatoms. The minimum atomic E-state index is -0.0602. The number of phenolic OH excluding ortho intramolecular Hbond substituents is 1. The molecule has 5 fully saturated rings. The second-order valence-electron chi connectivity index (χ2n) is 9.90. The van der Waals surface area contributed by atoms with Crippen LogP contribution in [0.15, 0.2) is 24.3 Å². The van der Waals surface area contributed by atoms with Crippen LogP contribution in [-0.2, 0) is 4.79 Å². The Morgan fingerprint density at radius 2 is 1.54 bits per heavy atom. The Bertz CT molecular complexity index is 689. The molecule has 5 aliphatic rings. The summed E-state index contributed by atoms with van der Waals surface area (Å²) in [5.74, 6) is 3.11. The van der Waals surface area contributed by atoms with Crippen molar-refractivity contribution in [3.05, 3.63) is 24.3 Å². The molecule has 4 aliphatic carbocycles. The summed E-state index contributed by atoms with van der Waals surface area (Å²) in [6, 6.07) is 7.35. The Morgan fingerprint density at radius 1 is 1.00 bits per heavy atom. The van der Waals surface area contributed by atoms with Gasteiger partial charge in [0.15, 0.2) is 0 Å². The molecular formula is C23H33N3O2. The fourth-order valence-electron chi connectivity index (χ4n) is 6.83. The highest BCUT2D eigenvalue weighted by Crippen LogP contribution is 2.55. The number of piperazine rings is 1. The van der Waals surface area contributed by atoms with E-state index in [2.05, 4.69) is 22.0 Å². The number of carbonyl (C=O) groups is 1. The van der Waals surface area contributed by atoms with Crippen molar-refractivity contribution in [2.24, 2.45) is 17.8 Å². The zero-order chi connectivity index (χ0) is 19.3. The lowest BCUT2D eigenvalue weighted by atomic mass is 9.53. The van der Waals surface area contributed by atoms with E-state index in [9.17, 15) is 9.90 Å². The van der Waals surface area contributed by atoms with Crippen LogP contribution >= 0.6 is 0 Å². The van der Waals surface area contributed by atoms with Gasteiger partial charge in [-0.1, -0.05) is 0 Å². The first kappa shape index (κ1) is 18.3. The maximum Gasteiger partial charge on any atom is 0.237 e. The molecule has 1 heterocycles. The normalized spacial score (nSPS) is 35.8. The zero-order valence-corrected chi connectivity index (χ0v) is 16.9. The van der Waals surface area contributed by atoms with Crippen molar-refractivity contribution in [2.45, 2.75) is 57.0 Å². The molecular weight excluding hydrogens is 350 g/mol. The maximum atomic E-state index is 13.1. The van der Waals surface area contributed by atoms with Gasteiger partial charge in [0.05, 0.1) is 6.04 Å². The Balaban J connectivity index is 1.17. The van der Waals surface area contributed by atoms with Crippen molar-refractivity contribution in [3.8, 4) is 5.75 Å². The van der Waals surface area contributed by atoms with E-state index in [-0.39, 0.29) is 17.5 Å². The summed E-state index contributed by atoms with van der Waals surface area (Å²) in [7, 11) is 0. The highest BCUT2D eigenvalue weighted by atomic mass is 16.3. The predicted octanol–water partition coefficient (Wildman–Crippen LogP) is 2.99. The van der Waals surface area contributed by atoms with Crippen LogP contribution < -0.4 is 10.2 Å². The lowest BCUT2D eigenvalue weighted by Gasteiger charge is -2.57. The van der Waals surface area contributed by atoms with E-state index >= 15 is 0 Å². The summed E-state index contributed by atoms with van der Waals surface area (Å²) in [5, 5.41) is 13.0. The van der Waals surface area contributed by atoms with Crippen LogP contribution in [0.25, 0.3) is 0 Å². The number of anilines is 1. The van der Waals surface area contributed by atoms with E-state index in [4.69, 9.17) is 0 Å². The Labute approximate surface area is 168 Å². The zero-order valence-electron chi connectivity index (χ0n) is 16.9. The fraction of sp³-hybridized carbons (Fsp3) is 0.696. The molecule has 5 nitrogen and oxygen atoms in total. The van der Waals surface area contributed by atoms with Gasteiger partial charge in [0.1, 0.15) is 5.75 Å². The summed E-state index contributed by atoms with van der Waals surface area (Å²) in [6.07, 6.45) is 7.86. The summed E-state index contributed by atoms with van der Waals surface area (Å²) in [6.45, 7) is 5.71. The van der Waals surface area contributed by atoms with Gasteiger partial charge in [-0.3, -0.25) is 9.69 Å². The lowest BCUT2D eigenvalue weighted by Crippen LogP contribution is -2.63. The molecule has 0 spiro atoms. The smallest absolute Gasteiger partial charge is 0.237 e. The molecule has 4 saturated carbocycles. The number of hydrogen-bond donors (Lipinski definition) is 2. The van der Waals surface area contributed by atoms with E-state index in [0.29, 0.717) is 5.75 Å². The van der Waals surface area contributed by atoms with Crippen LogP contribution in [0.4, 0.5) is 5.69 Å². The quantitative estimate of drug-likeness (QED) is 0.839. The number of hydrogen-bond acceptors (Lipinski definition) is 4. The van der Waals surface area contributed by atoms with Crippen LogP contribution in [0, 0.1) is 17.8 Å². The van der Waals surface area contributed by atoms with E-state index in [1.165, 1.54) is 38.5 Å². The molecule has 28 heavy (non-hydrogen) atoms. The van der Waals surface area contributed by atoms with Gasteiger partial charge >= 0.3 is 0 Å². The number of benzene rings is 1. The predicted molar refractivity (Wildman–Crippen MR) is 110 cm³/mol. The highest BCUT2D eigenvalue weighted by molar-refractivity contribution is 5.82. The van der Waals surface area contributed by atoms with Crippen molar-refractivity contribution in [2.75, 3.05) is 31.1 Å². The third kappa shape index (κ3) is 3.38. The number of nitrogens with one attached hydrogen (secondary N) is 1. The molecule has 1 unspecified atom stereocenters. The monoisotopic (exact) mass is 383 g/mol. The van der Waals surface area contributed by atoms with Crippen molar-refractivity contribution in [3.63, 3.8) is 0 Å². The molecule has 4 bridgehead atoms. The van der Waals surface area contributed by atoms with Crippen LogP contribution in [0.1, 0.15) is 45.4 Å². The molecule has 1 saturated heterocycles. The van der Waals surface area contributed by atoms with Gasteiger partial charge in [-0.25, -0.2) is 0 Å². The van der Waals surface area contributed by atoms with E-state index in [1.807, 2.05) is 12.1 Å². The molecule has 1 atom stereocenters. The number of nitrogens with zero attached hydrogens (tertiary/aromatic N) is 2. The summed E-state index contributed by atoms with van der Waals surface area (Å²) >= 11 is 0. The Kier molecular flexibility index (Phi) is 4.53. The van der Waals surface area contributed by atoms with Gasteiger partial charge in [-0.15, -0.1) is 0 Å². The van der Waals surface area contributed by atoms with Crippen molar-refractivity contribution in [1.82, 2.24) is 10.2 Å². The standard InChI is InChI=1S/C23H33N3O2/c1-16(25-6-8-26(9-7-25)20-2-4-21(27)5-3-20)22(28)24-23-13-17-10-18(14-23)12-19(11-17)15-23/h2-5,16-19,27H,6-15H2,1H3,(H,24,28). The van der Waals surface area contributed by atoms with Crippen LogP contribution in [-0.4, -0.2) is 53.7 Å². The number of aromatic hydroxyl groups is 1. The number of rotatable bonds is 4. The molecule has 6 rings (SSSR count). The van der Waals surface area contributed by atoms with E-state index in [0.717, 1.165) is 49.6 Å². The second-order valence-corrected chi connectivity index (χ2v) is 9.90. The van der Waals surface area contributed by atoms with Crippen molar-refractivity contribution in [1.29, 1.82) is 0 Å². The van der Waals surface area contributed by atoms with E-state index in [1.54, 1.807) is 12.1 Å². The van der Waals surface area contributed by atoms with Gasteiger partial charge in [0.2, 0.25) is 5.91 Å². The van der Waals surface area contributed by atoms with Crippen molar-refractivity contribution < 1.29 is 9.90 Å².